The molecule has 0 saturated carbocycles. The summed E-state index contributed by atoms with van der Waals surface area (Å²) >= 11 is 6.22. The highest BCUT2D eigenvalue weighted by Gasteiger charge is 2.08. The lowest BCUT2D eigenvalue weighted by atomic mass is 10.1. The fraction of sp³-hybridized carbons (Fsp3) is 0.429. The zero-order chi connectivity index (χ0) is 13.7. The molecule has 0 spiro atoms. The molecule has 2 aromatic rings. The first kappa shape index (κ1) is 13.9. The molecule has 0 bridgehead atoms. The Morgan fingerprint density at radius 1 is 1.26 bits per heavy atom. The lowest BCUT2D eigenvalue weighted by Gasteiger charge is -2.09. The highest BCUT2D eigenvalue weighted by Crippen LogP contribution is 2.21. The third-order valence-electron chi connectivity index (χ3n) is 2.94. The van der Waals surface area contributed by atoms with Crippen LogP contribution in [0.5, 0.6) is 0 Å². The first-order valence-corrected chi connectivity index (χ1v) is 6.94. The SMILES string of the molecule is CCCc1nnc(NCc2c(Cl)cccc2CC)o1. The monoisotopic (exact) mass is 279 g/mol. The van der Waals surface area contributed by atoms with Crippen LogP contribution >= 0.6 is 11.6 Å². The number of aromatic nitrogens is 2. The van der Waals surface area contributed by atoms with Gasteiger partial charge in [0.1, 0.15) is 0 Å². The largest absolute Gasteiger partial charge is 0.408 e. The molecule has 1 aromatic heterocycles. The second-order valence-electron chi connectivity index (χ2n) is 4.34. The molecule has 19 heavy (non-hydrogen) atoms. The lowest BCUT2D eigenvalue weighted by molar-refractivity contribution is 0.501. The summed E-state index contributed by atoms with van der Waals surface area (Å²) < 4.78 is 5.48. The Balaban J connectivity index is 2.05. The molecule has 0 aliphatic rings. The number of hydrogen-bond donors (Lipinski definition) is 1. The first-order valence-electron chi connectivity index (χ1n) is 6.57. The van der Waals surface area contributed by atoms with Gasteiger partial charge in [-0.05, 0) is 30.0 Å². The molecule has 5 heteroatoms. The normalized spacial score (nSPS) is 10.7. The summed E-state index contributed by atoms with van der Waals surface area (Å²) in [6, 6.07) is 6.40. The van der Waals surface area contributed by atoms with Gasteiger partial charge in [0, 0.05) is 18.0 Å². The van der Waals surface area contributed by atoms with Crippen molar-refractivity contribution in [2.24, 2.45) is 0 Å². The van der Waals surface area contributed by atoms with Gasteiger partial charge in [-0.3, -0.25) is 0 Å². The average molecular weight is 280 g/mol. The van der Waals surface area contributed by atoms with E-state index in [-0.39, 0.29) is 0 Å². The minimum Gasteiger partial charge on any atom is -0.408 e. The zero-order valence-corrected chi connectivity index (χ0v) is 12.0. The number of benzene rings is 1. The summed E-state index contributed by atoms with van der Waals surface area (Å²) in [6.07, 6.45) is 2.75. The van der Waals surface area contributed by atoms with Gasteiger partial charge in [-0.25, -0.2) is 0 Å². The number of nitrogens with one attached hydrogen (secondary N) is 1. The molecule has 1 N–H and O–H groups in total. The van der Waals surface area contributed by atoms with Gasteiger partial charge in [0.2, 0.25) is 5.89 Å². The molecule has 4 nitrogen and oxygen atoms in total. The molecular formula is C14H18ClN3O. The van der Waals surface area contributed by atoms with Crippen LogP contribution in [0.4, 0.5) is 6.01 Å². The van der Waals surface area contributed by atoms with Crippen molar-refractivity contribution >= 4 is 17.6 Å². The van der Waals surface area contributed by atoms with Crippen molar-refractivity contribution in [3.05, 3.63) is 40.2 Å². The van der Waals surface area contributed by atoms with Crippen LogP contribution in [0, 0.1) is 0 Å². The molecule has 1 aromatic carbocycles. The van der Waals surface area contributed by atoms with Gasteiger partial charge in [-0.2, -0.15) is 0 Å². The predicted molar refractivity (Wildman–Crippen MR) is 76.4 cm³/mol. The summed E-state index contributed by atoms with van der Waals surface area (Å²) in [7, 11) is 0. The Hall–Kier alpha value is -1.55. The molecule has 0 aliphatic carbocycles. The highest BCUT2D eigenvalue weighted by atomic mass is 35.5. The number of nitrogens with zero attached hydrogens (tertiary/aromatic N) is 2. The van der Waals surface area contributed by atoms with Crippen molar-refractivity contribution in [2.45, 2.75) is 39.7 Å². The Labute approximate surface area is 118 Å². The summed E-state index contributed by atoms with van der Waals surface area (Å²) in [5.74, 6) is 0.667. The van der Waals surface area contributed by atoms with Crippen molar-refractivity contribution < 1.29 is 4.42 Å². The second kappa shape index (κ2) is 6.57. The summed E-state index contributed by atoms with van der Waals surface area (Å²) in [5, 5.41) is 11.8. The maximum absolute atomic E-state index is 6.22. The Bertz CT molecular complexity index is 539. The number of halogens is 1. The Morgan fingerprint density at radius 3 is 2.84 bits per heavy atom. The summed E-state index contributed by atoms with van der Waals surface area (Å²) in [6.45, 7) is 4.78. The molecule has 0 radical (unpaired) electrons. The standard InChI is InChI=1S/C14H18ClN3O/c1-3-6-13-17-18-14(19-13)16-9-11-10(4-2)7-5-8-12(11)15/h5,7-8H,3-4,6,9H2,1-2H3,(H,16,18). The van der Waals surface area contributed by atoms with Crippen molar-refractivity contribution in [2.75, 3.05) is 5.32 Å². The van der Waals surface area contributed by atoms with Crippen molar-refractivity contribution in [1.82, 2.24) is 10.2 Å². The molecule has 0 fully saturated rings. The minimum atomic E-state index is 0.449. The van der Waals surface area contributed by atoms with Crippen LogP contribution in [0.2, 0.25) is 5.02 Å². The van der Waals surface area contributed by atoms with Crippen LogP contribution < -0.4 is 5.32 Å². The van der Waals surface area contributed by atoms with Gasteiger partial charge in [0.25, 0.3) is 0 Å². The van der Waals surface area contributed by atoms with Crippen LogP contribution in [-0.2, 0) is 19.4 Å². The van der Waals surface area contributed by atoms with Crippen molar-refractivity contribution in [3.8, 4) is 0 Å². The van der Waals surface area contributed by atoms with Gasteiger partial charge in [-0.1, -0.05) is 42.7 Å². The number of hydrogen-bond acceptors (Lipinski definition) is 4. The van der Waals surface area contributed by atoms with Crippen LogP contribution in [0.1, 0.15) is 37.3 Å². The van der Waals surface area contributed by atoms with Crippen molar-refractivity contribution in [3.63, 3.8) is 0 Å². The Kier molecular flexibility index (Phi) is 4.80. The molecule has 0 amide bonds. The van der Waals surface area contributed by atoms with Crippen LogP contribution in [0.3, 0.4) is 0 Å². The zero-order valence-electron chi connectivity index (χ0n) is 11.2. The highest BCUT2D eigenvalue weighted by molar-refractivity contribution is 6.31. The van der Waals surface area contributed by atoms with Gasteiger partial charge in [0.05, 0.1) is 0 Å². The van der Waals surface area contributed by atoms with E-state index >= 15 is 0 Å². The summed E-state index contributed by atoms with van der Waals surface area (Å²) in [5.41, 5.74) is 2.32. The predicted octanol–water partition coefficient (Wildman–Crippen LogP) is 3.85. The Morgan fingerprint density at radius 2 is 2.11 bits per heavy atom. The van der Waals surface area contributed by atoms with Gasteiger partial charge < -0.3 is 9.73 Å². The molecule has 0 saturated heterocycles. The molecule has 102 valence electrons. The lowest BCUT2D eigenvalue weighted by Crippen LogP contribution is -2.03. The van der Waals surface area contributed by atoms with E-state index in [0.29, 0.717) is 18.5 Å². The summed E-state index contributed by atoms with van der Waals surface area (Å²) in [4.78, 5) is 0. The van der Waals surface area contributed by atoms with Crippen LogP contribution in [-0.4, -0.2) is 10.2 Å². The van der Waals surface area contributed by atoms with Gasteiger partial charge >= 0.3 is 6.01 Å². The van der Waals surface area contributed by atoms with E-state index < -0.39 is 0 Å². The average Bonchev–Trinajstić information content (AvgIpc) is 2.85. The van der Waals surface area contributed by atoms with Crippen LogP contribution in [0.25, 0.3) is 0 Å². The molecule has 1 heterocycles. The van der Waals surface area contributed by atoms with E-state index in [1.54, 1.807) is 0 Å². The second-order valence-corrected chi connectivity index (χ2v) is 4.74. The van der Waals surface area contributed by atoms with E-state index in [9.17, 15) is 0 Å². The number of anilines is 1. The number of aryl methyl sites for hydroxylation is 2. The topological polar surface area (TPSA) is 51.0 Å². The van der Waals surface area contributed by atoms with E-state index in [1.807, 2.05) is 12.1 Å². The van der Waals surface area contributed by atoms with E-state index in [0.717, 1.165) is 29.8 Å². The molecule has 0 aliphatic heterocycles. The van der Waals surface area contributed by atoms with E-state index in [4.69, 9.17) is 16.0 Å². The minimum absolute atomic E-state index is 0.449. The van der Waals surface area contributed by atoms with E-state index in [1.165, 1.54) is 5.56 Å². The molecule has 0 unspecified atom stereocenters. The van der Waals surface area contributed by atoms with Gasteiger partial charge in [-0.15, -0.1) is 5.10 Å². The fourth-order valence-electron chi connectivity index (χ4n) is 1.94. The molecular weight excluding hydrogens is 262 g/mol. The van der Waals surface area contributed by atoms with Gasteiger partial charge in [0.15, 0.2) is 0 Å². The van der Waals surface area contributed by atoms with Crippen LogP contribution in [0.15, 0.2) is 22.6 Å². The van der Waals surface area contributed by atoms with E-state index in [2.05, 4.69) is 35.4 Å². The quantitative estimate of drug-likeness (QED) is 0.872. The fourth-order valence-corrected chi connectivity index (χ4v) is 2.20. The third-order valence-corrected chi connectivity index (χ3v) is 3.30. The maximum atomic E-state index is 6.22. The first-order chi connectivity index (χ1) is 9.24. The van der Waals surface area contributed by atoms with Crippen molar-refractivity contribution in [1.29, 1.82) is 0 Å². The third kappa shape index (κ3) is 3.47. The molecule has 2 rings (SSSR count). The maximum Gasteiger partial charge on any atom is 0.315 e. The smallest absolute Gasteiger partial charge is 0.315 e. The number of rotatable bonds is 6. The molecule has 0 atom stereocenters.